The monoisotopic (exact) mass is 499 g/mol. The molecule has 0 atom stereocenters. The van der Waals surface area contributed by atoms with Crippen molar-refractivity contribution in [2.45, 2.75) is 0 Å². The van der Waals surface area contributed by atoms with E-state index in [1.54, 1.807) is 6.20 Å². The molecule has 0 spiro atoms. The molecule has 0 saturated carbocycles. The van der Waals surface area contributed by atoms with Gasteiger partial charge in [-0.3, -0.25) is 4.98 Å². The second kappa shape index (κ2) is 8.61. The Bertz CT molecular complexity index is 2160. The molecule has 8 aromatic rings. The highest BCUT2D eigenvalue weighted by atomic mass is 16.3. The lowest BCUT2D eigenvalue weighted by atomic mass is 10.0. The fourth-order valence-corrected chi connectivity index (χ4v) is 5.32. The summed E-state index contributed by atoms with van der Waals surface area (Å²) in [7, 11) is 0. The Morgan fingerprint density at radius 2 is 1.08 bits per heavy atom. The molecule has 4 heterocycles. The second-order valence-electron chi connectivity index (χ2n) is 9.70. The van der Waals surface area contributed by atoms with E-state index in [-0.39, 0.29) is 0 Å². The fraction of sp³-hybridized carbons (Fsp3) is 0. The third kappa shape index (κ3) is 3.65. The summed E-state index contributed by atoms with van der Waals surface area (Å²) in [5.74, 6) is 0. The van der Waals surface area contributed by atoms with Gasteiger partial charge >= 0.3 is 0 Å². The minimum absolute atomic E-state index is 0.842. The highest BCUT2D eigenvalue weighted by Gasteiger charge is 2.11. The third-order valence-corrected chi connectivity index (χ3v) is 7.34. The Kier molecular flexibility index (Phi) is 4.79. The number of pyridine rings is 3. The van der Waals surface area contributed by atoms with Crippen LogP contribution < -0.4 is 0 Å². The summed E-state index contributed by atoms with van der Waals surface area (Å²) in [6.45, 7) is 0. The number of hydrogen-bond donors (Lipinski definition) is 0. The van der Waals surface area contributed by atoms with Gasteiger partial charge in [-0.1, -0.05) is 78.9 Å². The van der Waals surface area contributed by atoms with Gasteiger partial charge in [0, 0.05) is 33.3 Å². The number of benzene rings is 4. The zero-order valence-electron chi connectivity index (χ0n) is 20.9. The molecule has 0 fully saturated rings. The highest BCUT2D eigenvalue weighted by Crippen LogP contribution is 2.33. The normalized spacial score (nSPS) is 11.6. The fourth-order valence-electron chi connectivity index (χ4n) is 5.32. The summed E-state index contributed by atoms with van der Waals surface area (Å²) < 4.78 is 6.00. The summed E-state index contributed by atoms with van der Waals surface area (Å²) >= 11 is 0. The molecule has 0 saturated heterocycles. The summed E-state index contributed by atoms with van der Waals surface area (Å²) in [6.07, 6.45) is 1.79. The van der Waals surface area contributed by atoms with Crippen LogP contribution in [0.4, 0.5) is 0 Å². The van der Waals surface area contributed by atoms with Crippen molar-refractivity contribution in [1.29, 1.82) is 0 Å². The quantitative estimate of drug-likeness (QED) is 0.228. The van der Waals surface area contributed by atoms with E-state index in [1.807, 2.05) is 42.5 Å². The van der Waals surface area contributed by atoms with E-state index in [9.17, 15) is 0 Å². The number of nitrogens with zero attached hydrogens (tertiary/aromatic N) is 3. The van der Waals surface area contributed by atoms with Crippen molar-refractivity contribution < 1.29 is 4.42 Å². The van der Waals surface area contributed by atoms with Crippen LogP contribution in [0.1, 0.15) is 0 Å². The average Bonchev–Trinajstić information content (AvgIpc) is 3.39. The first-order chi connectivity index (χ1) is 19.3. The van der Waals surface area contributed by atoms with E-state index < -0.39 is 0 Å². The molecule has 0 radical (unpaired) electrons. The number of furan rings is 1. The molecule has 0 amide bonds. The van der Waals surface area contributed by atoms with Gasteiger partial charge in [0.05, 0.1) is 28.1 Å². The first kappa shape index (κ1) is 21.7. The lowest BCUT2D eigenvalue weighted by Gasteiger charge is -2.09. The van der Waals surface area contributed by atoms with Crippen molar-refractivity contribution in [1.82, 2.24) is 15.0 Å². The maximum atomic E-state index is 6.00. The van der Waals surface area contributed by atoms with Gasteiger partial charge in [0.15, 0.2) is 0 Å². The SMILES string of the molecule is c1ccc(-c2ccc3ccc4ccc(-c5ccc(-c6ccc7oc8ccccc8c7c6)cc5)nc4c3n2)nc1. The van der Waals surface area contributed by atoms with Crippen LogP contribution in [0.25, 0.3) is 77.5 Å². The summed E-state index contributed by atoms with van der Waals surface area (Å²) in [5, 5.41) is 4.39. The van der Waals surface area contributed by atoms with Gasteiger partial charge in [0.25, 0.3) is 0 Å². The van der Waals surface area contributed by atoms with Gasteiger partial charge in [-0.05, 0) is 53.6 Å². The Balaban J connectivity index is 1.19. The molecule has 4 aromatic heterocycles. The van der Waals surface area contributed by atoms with Gasteiger partial charge in [-0.2, -0.15) is 0 Å². The van der Waals surface area contributed by atoms with Gasteiger partial charge in [0.2, 0.25) is 0 Å². The van der Waals surface area contributed by atoms with E-state index in [2.05, 4.69) is 83.8 Å². The predicted octanol–water partition coefficient (Wildman–Crippen LogP) is 9.08. The number of hydrogen-bond acceptors (Lipinski definition) is 4. The molecule has 4 heteroatoms. The van der Waals surface area contributed by atoms with Crippen molar-refractivity contribution >= 4 is 43.7 Å². The molecule has 4 aromatic carbocycles. The number of fused-ring (bicyclic) bond motifs is 6. The first-order valence-electron chi connectivity index (χ1n) is 12.9. The lowest BCUT2D eigenvalue weighted by Crippen LogP contribution is -1.92. The third-order valence-electron chi connectivity index (χ3n) is 7.34. The first-order valence-corrected chi connectivity index (χ1v) is 12.9. The van der Waals surface area contributed by atoms with E-state index in [1.165, 1.54) is 0 Å². The van der Waals surface area contributed by atoms with Gasteiger partial charge in [-0.15, -0.1) is 0 Å². The van der Waals surface area contributed by atoms with E-state index in [4.69, 9.17) is 14.4 Å². The molecule has 0 unspecified atom stereocenters. The molecule has 0 N–H and O–H groups in total. The maximum absolute atomic E-state index is 6.00. The van der Waals surface area contributed by atoms with Gasteiger partial charge in [0.1, 0.15) is 11.2 Å². The zero-order chi connectivity index (χ0) is 25.8. The predicted molar refractivity (Wildman–Crippen MR) is 158 cm³/mol. The van der Waals surface area contributed by atoms with Crippen LogP contribution in [0, 0.1) is 0 Å². The molecule has 182 valence electrons. The topological polar surface area (TPSA) is 51.8 Å². The lowest BCUT2D eigenvalue weighted by molar-refractivity contribution is 0.669. The molecule has 8 rings (SSSR count). The summed E-state index contributed by atoms with van der Waals surface area (Å²) in [4.78, 5) is 14.5. The Hall–Kier alpha value is -5.35. The van der Waals surface area contributed by atoms with Gasteiger partial charge in [-0.25, -0.2) is 9.97 Å². The Morgan fingerprint density at radius 1 is 0.436 bits per heavy atom. The molecular formula is C35H21N3O. The molecule has 0 bridgehead atoms. The largest absolute Gasteiger partial charge is 0.456 e. The second-order valence-corrected chi connectivity index (χ2v) is 9.70. The van der Waals surface area contributed by atoms with Crippen LogP contribution >= 0.6 is 0 Å². The van der Waals surface area contributed by atoms with Crippen LogP contribution in [0.5, 0.6) is 0 Å². The Morgan fingerprint density at radius 3 is 1.87 bits per heavy atom. The summed E-state index contributed by atoms with van der Waals surface area (Å²) in [5.41, 5.74) is 9.58. The molecule has 0 aliphatic heterocycles. The zero-order valence-corrected chi connectivity index (χ0v) is 20.9. The van der Waals surface area contributed by atoms with Gasteiger partial charge < -0.3 is 4.42 Å². The number of aromatic nitrogens is 3. The minimum Gasteiger partial charge on any atom is -0.456 e. The smallest absolute Gasteiger partial charge is 0.135 e. The van der Waals surface area contributed by atoms with Crippen LogP contribution in [0.2, 0.25) is 0 Å². The maximum Gasteiger partial charge on any atom is 0.135 e. The van der Waals surface area contributed by atoms with Crippen molar-refractivity contribution in [2.24, 2.45) is 0 Å². The molecule has 39 heavy (non-hydrogen) atoms. The number of para-hydroxylation sites is 1. The van der Waals surface area contributed by atoms with Crippen LogP contribution in [0.15, 0.2) is 132 Å². The molecule has 4 nitrogen and oxygen atoms in total. The van der Waals surface area contributed by atoms with Crippen LogP contribution in [-0.4, -0.2) is 15.0 Å². The van der Waals surface area contributed by atoms with Crippen molar-refractivity contribution in [3.8, 4) is 33.8 Å². The molecule has 0 aliphatic rings. The van der Waals surface area contributed by atoms with E-state index in [0.717, 1.165) is 77.5 Å². The van der Waals surface area contributed by atoms with Crippen molar-refractivity contribution in [2.75, 3.05) is 0 Å². The van der Waals surface area contributed by atoms with Crippen LogP contribution in [0.3, 0.4) is 0 Å². The molecular weight excluding hydrogens is 478 g/mol. The Labute approximate surface area is 224 Å². The molecule has 0 aliphatic carbocycles. The standard InChI is InChI=1S/C35H21N3O/c1-2-7-32-27(5-1)28-21-26(16-19-33(28)39-32)22-8-10-23(11-9-22)29-17-14-24-12-13-25-15-18-31(30-6-3-4-20-36-30)38-35(25)34(24)37-29/h1-21H. The minimum atomic E-state index is 0.842. The van der Waals surface area contributed by atoms with Crippen LogP contribution in [-0.2, 0) is 0 Å². The van der Waals surface area contributed by atoms with E-state index >= 15 is 0 Å². The average molecular weight is 500 g/mol. The van der Waals surface area contributed by atoms with Crippen molar-refractivity contribution in [3.05, 3.63) is 128 Å². The van der Waals surface area contributed by atoms with E-state index in [0.29, 0.717) is 0 Å². The van der Waals surface area contributed by atoms with Crippen molar-refractivity contribution in [3.63, 3.8) is 0 Å². The highest BCUT2D eigenvalue weighted by molar-refractivity contribution is 6.06. The summed E-state index contributed by atoms with van der Waals surface area (Å²) in [6, 6.07) is 41.5. The number of rotatable bonds is 3.